The molecule has 5 nitrogen and oxygen atoms in total. The Bertz CT molecular complexity index is 644. The van der Waals surface area contributed by atoms with E-state index in [1.807, 2.05) is 13.0 Å². The lowest BCUT2D eigenvalue weighted by Gasteiger charge is -2.24. The van der Waals surface area contributed by atoms with Gasteiger partial charge in [-0.25, -0.2) is 0 Å². The monoisotopic (exact) mass is 319 g/mol. The number of nitrogens with zero attached hydrogens (tertiary/aromatic N) is 3. The first-order valence-corrected chi connectivity index (χ1v) is 8.28. The van der Waals surface area contributed by atoms with Crippen molar-refractivity contribution in [2.24, 2.45) is 0 Å². The number of hydrogen-bond donors (Lipinski definition) is 0. The topological polar surface area (TPSA) is 47.5 Å². The van der Waals surface area contributed by atoms with Gasteiger partial charge in [-0.1, -0.05) is 6.07 Å². The third-order valence-corrected chi connectivity index (χ3v) is 4.89. The molecule has 0 radical (unpaired) electrons. The molecule has 1 aromatic heterocycles. The van der Waals surface area contributed by atoms with E-state index in [4.69, 9.17) is 9.47 Å². The molecule has 1 aliphatic rings. The van der Waals surface area contributed by atoms with Gasteiger partial charge in [-0.15, -0.1) is 21.5 Å². The standard InChI is InChI=1S/C16H21N3O2S/c1-11-17-18-16(22-11)10-19-8-4-5-13(19)12-6-7-14(20-2)15(9-12)21-3/h6-7,9,13H,4-5,8,10H2,1-3H3/t13-/m1/s1. The third kappa shape index (κ3) is 3.08. The summed E-state index contributed by atoms with van der Waals surface area (Å²) in [6.07, 6.45) is 2.37. The SMILES string of the molecule is COc1ccc([C@H]2CCCN2Cc2nnc(C)s2)cc1OC. The molecule has 0 bridgehead atoms. The number of benzene rings is 1. The summed E-state index contributed by atoms with van der Waals surface area (Å²) in [5, 5.41) is 10.5. The van der Waals surface area contributed by atoms with Crippen molar-refractivity contribution in [3.63, 3.8) is 0 Å². The fraction of sp³-hybridized carbons (Fsp3) is 0.500. The Hall–Kier alpha value is -1.66. The first-order chi connectivity index (χ1) is 10.7. The van der Waals surface area contributed by atoms with Crippen molar-refractivity contribution in [3.8, 4) is 11.5 Å². The van der Waals surface area contributed by atoms with Crippen LogP contribution < -0.4 is 9.47 Å². The van der Waals surface area contributed by atoms with E-state index in [2.05, 4.69) is 27.2 Å². The molecule has 0 amide bonds. The van der Waals surface area contributed by atoms with Gasteiger partial charge in [0.25, 0.3) is 0 Å². The van der Waals surface area contributed by atoms with Crippen LogP contribution in [0.25, 0.3) is 0 Å². The summed E-state index contributed by atoms with van der Waals surface area (Å²) in [4.78, 5) is 2.47. The maximum Gasteiger partial charge on any atom is 0.161 e. The van der Waals surface area contributed by atoms with Crippen LogP contribution in [0.4, 0.5) is 0 Å². The number of hydrogen-bond acceptors (Lipinski definition) is 6. The molecule has 0 N–H and O–H groups in total. The molecular weight excluding hydrogens is 298 g/mol. The highest BCUT2D eigenvalue weighted by atomic mass is 32.1. The van der Waals surface area contributed by atoms with Gasteiger partial charge in [0.2, 0.25) is 0 Å². The fourth-order valence-corrected chi connectivity index (χ4v) is 3.76. The predicted octanol–water partition coefficient (Wildman–Crippen LogP) is 3.20. The molecule has 3 rings (SSSR count). The lowest BCUT2D eigenvalue weighted by atomic mass is 10.0. The van der Waals surface area contributed by atoms with Crippen LogP contribution >= 0.6 is 11.3 Å². The van der Waals surface area contributed by atoms with Gasteiger partial charge in [0, 0.05) is 6.04 Å². The van der Waals surface area contributed by atoms with Crippen LogP contribution in [0.2, 0.25) is 0 Å². The molecule has 6 heteroatoms. The number of aromatic nitrogens is 2. The molecule has 2 heterocycles. The smallest absolute Gasteiger partial charge is 0.161 e. The van der Waals surface area contributed by atoms with Crippen molar-refractivity contribution in [2.75, 3.05) is 20.8 Å². The Labute approximate surface area is 134 Å². The fourth-order valence-electron chi connectivity index (χ4n) is 3.03. The maximum atomic E-state index is 5.43. The van der Waals surface area contributed by atoms with Gasteiger partial charge < -0.3 is 9.47 Å². The molecule has 0 unspecified atom stereocenters. The van der Waals surface area contributed by atoms with Crippen LogP contribution in [0.5, 0.6) is 11.5 Å². The number of methoxy groups -OCH3 is 2. The van der Waals surface area contributed by atoms with Crippen molar-refractivity contribution in [2.45, 2.75) is 32.4 Å². The number of likely N-dealkylation sites (tertiary alicyclic amines) is 1. The Morgan fingerprint density at radius 3 is 2.73 bits per heavy atom. The second-order valence-corrected chi connectivity index (χ2v) is 6.72. The van der Waals surface area contributed by atoms with E-state index in [9.17, 15) is 0 Å². The van der Waals surface area contributed by atoms with Crippen LogP contribution in [0, 0.1) is 6.92 Å². The highest BCUT2D eigenvalue weighted by Gasteiger charge is 2.27. The molecule has 118 valence electrons. The summed E-state index contributed by atoms with van der Waals surface area (Å²) in [6.45, 7) is 3.96. The Kier molecular flexibility index (Phi) is 4.59. The average Bonchev–Trinajstić information content (AvgIpc) is 3.16. The minimum absolute atomic E-state index is 0.406. The average molecular weight is 319 g/mol. The second-order valence-electron chi connectivity index (χ2n) is 5.46. The minimum Gasteiger partial charge on any atom is -0.493 e. The van der Waals surface area contributed by atoms with Gasteiger partial charge in [-0.2, -0.15) is 0 Å². The molecule has 1 saturated heterocycles. The van der Waals surface area contributed by atoms with Crippen LogP contribution in [0.1, 0.15) is 34.5 Å². The summed E-state index contributed by atoms with van der Waals surface area (Å²) < 4.78 is 10.8. The van der Waals surface area contributed by atoms with E-state index in [0.29, 0.717) is 6.04 Å². The van der Waals surface area contributed by atoms with Crippen LogP contribution in [0.15, 0.2) is 18.2 Å². The molecule has 0 saturated carbocycles. The normalized spacial score (nSPS) is 18.6. The molecule has 1 atom stereocenters. The molecular formula is C16H21N3O2S. The van der Waals surface area contributed by atoms with Gasteiger partial charge in [-0.3, -0.25) is 4.90 Å². The molecule has 1 aromatic carbocycles. The van der Waals surface area contributed by atoms with E-state index in [1.54, 1.807) is 25.6 Å². The largest absolute Gasteiger partial charge is 0.493 e. The number of aryl methyl sites for hydroxylation is 1. The molecule has 22 heavy (non-hydrogen) atoms. The van der Waals surface area contributed by atoms with Crippen LogP contribution in [-0.4, -0.2) is 35.9 Å². The first-order valence-electron chi connectivity index (χ1n) is 7.46. The maximum absolute atomic E-state index is 5.43. The van der Waals surface area contributed by atoms with E-state index >= 15 is 0 Å². The molecule has 0 spiro atoms. The lowest BCUT2D eigenvalue weighted by molar-refractivity contribution is 0.246. The Morgan fingerprint density at radius 2 is 2.05 bits per heavy atom. The second kappa shape index (κ2) is 6.62. The van der Waals surface area contributed by atoms with Crippen molar-refractivity contribution in [3.05, 3.63) is 33.8 Å². The quantitative estimate of drug-likeness (QED) is 0.847. The summed E-state index contributed by atoms with van der Waals surface area (Å²) in [5.41, 5.74) is 1.27. The number of rotatable bonds is 5. The van der Waals surface area contributed by atoms with Crippen molar-refractivity contribution >= 4 is 11.3 Å². The van der Waals surface area contributed by atoms with E-state index in [-0.39, 0.29) is 0 Å². The van der Waals surface area contributed by atoms with E-state index < -0.39 is 0 Å². The third-order valence-electron chi connectivity index (χ3n) is 4.06. The molecule has 1 fully saturated rings. The summed E-state index contributed by atoms with van der Waals surface area (Å²) in [7, 11) is 3.34. The molecule has 1 aliphatic heterocycles. The van der Waals surface area contributed by atoms with Crippen molar-refractivity contribution < 1.29 is 9.47 Å². The summed E-state index contributed by atoms with van der Waals surface area (Å²) >= 11 is 1.68. The van der Waals surface area contributed by atoms with Crippen LogP contribution in [0.3, 0.4) is 0 Å². The predicted molar refractivity (Wildman–Crippen MR) is 86.6 cm³/mol. The van der Waals surface area contributed by atoms with E-state index in [1.165, 1.54) is 12.0 Å². The van der Waals surface area contributed by atoms with Crippen molar-refractivity contribution in [1.82, 2.24) is 15.1 Å². The van der Waals surface area contributed by atoms with E-state index in [0.717, 1.165) is 41.0 Å². The van der Waals surface area contributed by atoms with Gasteiger partial charge in [0.05, 0.1) is 20.8 Å². The number of ether oxygens (including phenoxy) is 2. The van der Waals surface area contributed by atoms with Crippen LogP contribution in [-0.2, 0) is 6.54 Å². The Balaban J connectivity index is 1.80. The minimum atomic E-state index is 0.406. The van der Waals surface area contributed by atoms with Gasteiger partial charge in [-0.05, 0) is 44.0 Å². The highest BCUT2D eigenvalue weighted by Crippen LogP contribution is 2.37. The van der Waals surface area contributed by atoms with Crippen molar-refractivity contribution in [1.29, 1.82) is 0 Å². The Morgan fingerprint density at radius 1 is 1.23 bits per heavy atom. The lowest BCUT2D eigenvalue weighted by Crippen LogP contribution is -2.22. The van der Waals surface area contributed by atoms with Gasteiger partial charge in [0.15, 0.2) is 11.5 Å². The first kappa shape index (κ1) is 15.2. The van der Waals surface area contributed by atoms with Gasteiger partial charge >= 0.3 is 0 Å². The zero-order valence-electron chi connectivity index (χ0n) is 13.2. The molecule has 0 aliphatic carbocycles. The summed E-state index contributed by atoms with van der Waals surface area (Å²) in [5.74, 6) is 1.56. The highest BCUT2D eigenvalue weighted by molar-refractivity contribution is 7.11. The summed E-state index contributed by atoms with van der Waals surface area (Å²) in [6, 6.07) is 6.62. The molecule has 2 aromatic rings. The zero-order valence-corrected chi connectivity index (χ0v) is 14.0. The zero-order chi connectivity index (χ0) is 15.5. The van der Waals surface area contributed by atoms with Gasteiger partial charge in [0.1, 0.15) is 10.0 Å².